The molecule has 2 nitrogen and oxygen atoms in total. The van der Waals surface area contributed by atoms with E-state index in [4.69, 9.17) is 4.74 Å². The van der Waals surface area contributed by atoms with Gasteiger partial charge in [0.25, 0.3) is 0 Å². The molecule has 0 aromatic heterocycles. The molecule has 0 aliphatic carbocycles. The second-order valence-corrected chi connectivity index (χ2v) is 10.7. The van der Waals surface area contributed by atoms with E-state index in [2.05, 4.69) is 38.5 Å². The molecule has 0 unspecified atom stereocenters. The number of unbranched alkanes of at least 4 members (excludes halogenated alkanes) is 1. The lowest BCUT2D eigenvalue weighted by Crippen LogP contribution is -2.39. The van der Waals surface area contributed by atoms with E-state index in [1.54, 1.807) is 0 Å². The van der Waals surface area contributed by atoms with Crippen LogP contribution in [0.2, 0.25) is 19.6 Å². The fourth-order valence-corrected chi connectivity index (χ4v) is 3.24. The van der Waals surface area contributed by atoms with E-state index in [9.17, 15) is 0 Å². The highest BCUT2D eigenvalue weighted by atomic mass is 28.3. The highest BCUT2D eigenvalue weighted by molar-refractivity contribution is 6.76. The van der Waals surface area contributed by atoms with E-state index in [1.807, 2.05) is 0 Å². The van der Waals surface area contributed by atoms with Crippen LogP contribution in [0, 0.1) is 0 Å². The largest absolute Gasteiger partial charge is 0.380 e. The number of nitrogens with zero attached hydrogens (tertiary/aromatic N) is 1. The molecule has 0 radical (unpaired) electrons. The van der Waals surface area contributed by atoms with E-state index in [0.717, 1.165) is 19.8 Å². The maximum Gasteiger partial charge on any atom is 0.0599 e. The van der Waals surface area contributed by atoms with Gasteiger partial charge in [-0.2, -0.15) is 0 Å². The topological polar surface area (TPSA) is 12.5 Å². The number of hydrogen-bond acceptors (Lipinski definition) is 2. The molecule has 0 aliphatic heterocycles. The van der Waals surface area contributed by atoms with E-state index in [1.165, 1.54) is 19.0 Å². The Hall–Kier alpha value is 0.137. The van der Waals surface area contributed by atoms with E-state index in [-0.39, 0.29) is 0 Å². The highest BCUT2D eigenvalue weighted by Crippen LogP contribution is 2.02. The minimum Gasteiger partial charge on any atom is -0.380 e. The van der Waals surface area contributed by atoms with E-state index >= 15 is 0 Å². The lowest BCUT2D eigenvalue weighted by atomic mass is 10.4. The van der Waals surface area contributed by atoms with E-state index < -0.39 is 8.07 Å². The average Bonchev–Trinajstić information content (AvgIpc) is 2.00. The maximum absolute atomic E-state index is 5.53. The molecule has 0 heterocycles. The third-order valence-corrected chi connectivity index (χ3v) is 3.49. The van der Waals surface area contributed by atoms with Gasteiger partial charge in [-0.1, -0.05) is 33.0 Å². The summed E-state index contributed by atoms with van der Waals surface area (Å²) in [6.45, 7) is 12.3. The third-order valence-electron chi connectivity index (χ3n) is 2.00. The standard InChI is InChI=1S/C11H27NOSi/c1-6-7-9-13-10-8-12(2)11-14(3,4)5/h6-11H2,1-5H3. The summed E-state index contributed by atoms with van der Waals surface area (Å²) in [6.07, 6.45) is 3.69. The summed E-state index contributed by atoms with van der Waals surface area (Å²) < 4.78 is 5.53. The minimum atomic E-state index is -0.925. The molecule has 3 heteroatoms. The van der Waals surface area contributed by atoms with Crippen LogP contribution in [0.5, 0.6) is 0 Å². The molecule has 0 saturated carbocycles. The quantitative estimate of drug-likeness (QED) is 0.458. The molecule has 0 aromatic rings. The molecule has 0 N–H and O–H groups in total. The smallest absolute Gasteiger partial charge is 0.0599 e. The first-order chi connectivity index (χ1) is 6.45. The molecule has 14 heavy (non-hydrogen) atoms. The molecule has 0 atom stereocenters. The van der Waals surface area contributed by atoms with Gasteiger partial charge in [0.05, 0.1) is 14.7 Å². The van der Waals surface area contributed by atoms with Gasteiger partial charge in [0.15, 0.2) is 0 Å². The summed E-state index contributed by atoms with van der Waals surface area (Å²) in [7, 11) is 1.27. The number of rotatable bonds is 8. The van der Waals surface area contributed by atoms with Crippen LogP contribution >= 0.6 is 0 Å². The van der Waals surface area contributed by atoms with Crippen molar-refractivity contribution in [2.24, 2.45) is 0 Å². The van der Waals surface area contributed by atoms with Gasteiger partial charge in [-0.25, -0.2) is 0 Å². The van der Waals surface area contributed by atoms with Crippen molar-refractivity contribution in [2.75, 3.05) is 33.0 Å². The summed E-state index contributed by atoms with van der Waals surface area (Å²) in [5.41, 5.74) is 0. The van der Waals surface area contributed by atoms with Crippen LogP contribution in [0.1, 0.15) is 19.8 Å². The highest BCUT2D eigenvalue weighted by Gasteiger charge is 2.15. The number of hydrogen-bond donors (Lipinski definition) is 0. The molecule has 0 fully saturated rings. The fraction of sp³-hybridized carbons (Fsp3) is 1.00. The van der Waals surface area contributed by atoms with Crippen molar-refractivity contribution in [2.45, 2.75) is 39.4 Å². The van der Waals surface area contributed by atoms with Gasteiger partial charge >= 0.3 is 0 Å². The molecular formula is C11H27NOSi. The Bertz CT molecular complexity index is 134. The SMILES string of the molecule is CCCCOCCN(C)C[Si](C)(C)C. The maximum atomic E-state index is 5.53. The monoisotopic (exact) mass is 217 g/mol. The average molecular weight is 217 g/mol. The zero-order chi connectivity index (χ0) is 11.0. The number of ether oxygens (including phenoxy) is 1. The molecule has 0 spiro atoms. The molecule has 0 amide bonds. The Labute approximate surface area is 90.6 Å². The van der Waals surface area contributed by atoms with Crippen molar-refractivity contribution in [1.82, 2.24) is 4.90 Å². The van der Waals surface area contributed by atoms with Gasteiger partial charge in [-0.3, -0.25) is 0 Å². The third kappa shape index (κ3) is 10.2. The summed E-state index contributed by atoms with van der Waals surface area (Å²) in [6, 6.07) is 0. The van der Waals surface area contributed by atoms with E-state index in [0.29, 0.717) is 0 Å². The first-order valence-corrected chi connectivity index (χ1v) is 9.42. The van der Waals surface area contributed by atoms with Gasteiger partial charge in [-0.05, 0) is 19.6 Å². The van der Waals surface area contributed by atoms with Crippen molar-refractivity contribution in [3.8, 4) is 0 Å². The molecule has 0 rings (SSSR count). The Morgan fingerprint density at radius 1 is 1.14 bits per heavy atom. The lowest BCUT2D eigenvalue weighted by molar-refractivity contribution is 0.113. The first kappa shape index (κ1) is 14.1. The van der Waals surface area contributed by atoms with Gasteiger partial charge < -0.3 is 9.64 Å². The van der Waals surface area contributed by atoms with Gasteiger partial charge in [0.2, 0.25) is 0 Å². The van der Waals surface area contributed by atoms with Crippen LogP contribution < -0.4 is 0 Å². The van der Waals surface area contributed by atoms with Gasteiger partial charge in [0, 0.05) is 13.2 Å². The van der Waals surface area contributed by atoms with Crippen LogP contribution in [0.15, 0.2) is 0 Å². The lowest BCUT2D eigenvalue weighted by Gasteiger charge is -2.24. The zero-order valence-electron chi connectivity index (χ0n) is 10.6. The Balaban J connectivity index is 3.31. The molecule has 0 bridgehead atoms. The van der Waals surface area contributed by atoms with Gasteiger partial charge in [-0.15, -0.1) is 0 Å². The fourth-order valence-electron chi connectivity index (χ4n) is 1.46. The minimum absolute atomic E-state index is 0.890. The molecule has 0 aliphatic rings. The van der Waals surface area contributed by atoms with Crippen molar-refractivity contribution in [1.29, 1.82) is 0 Å². The van der Waals surface area contributed by atoms with Crippen molar-refractivity contribution >= 4 is 8.07 Å². The molecule has 86 valence electrons. The summed E-state index contributed by atoms with van der Waals surface area (Å²) in [4.78, 5) is 2.40. The predicted octanol–water partition coefficient (Wildman–Crippen LogP) is 2.61. The van der Waals surface area contributed by atoms with Crippen molar-refractivity contribution in [3.63, 3.8) is 0 Å². The molecule has 0 aromatic carbocycles. The second-order valence-electron chi connectivity index (χ2n) is 5.26. The molecule has 0 saturated heterocycles. The van der Waals surface area contributed by atoms with Crippen molar-refractivity contribution < 1.29 is 4.74 Å². The predicted molar refractivity (Wildman–Crippen MR) is 66.6 cm³/mol. The Kier molecular flexibility index (Phi) is 7.50. The van der Waals surface area contributed by atoms with Crippen LogP contribution in [0.4, 0.5) is 0 Å². The summed E-state index contributed by atoms with van der Waals surface area (Å²) in [5.74, 6) is 0. The molecular weight excluding hydrogens is 190 g/mol. The van der Waals surface area contributed by atoms with Crippen molar-refractivity contribution in [3.05, 3.63) is 0 Å². The summed E-state index contributed by atoms with van der Waals surface area (Å²) in [5, 5.41) is 0. The number of likely N-dealkylation sites (N-methyl/N-ethyl adjacent to an activating group) is 1. The van der Waals surface area contributed by atoms with Crippen LogP contribution in [0.25, 0.3) is 0 Å². The first-order valence-electron chi connectivity index (χ1n) is 5.72. The Morgan fingerprint density at radius 2 is 1.79 bits per heavy atom. The van der Waals surface area contributed by atoms with Crippen LogP contribution in [0.3, 0.4) is 0 Å². The Morgan fingerprint density at radius 3 is 2.29 bits per heavy atom. The normalized spacial score (nSPS) is 12.4. The second kappa shape index (κ2) is 7.43. The zero-order valence-corrected chi connectivity index (χ0v) is 11.6. The summed E-state index contributed by atoms with van der Waals surface area (Å²) >= 11 is 0. The van der Waals surface area contributed by atoms with Gasteiger partial charge in [0.1, 0.15) is 0 Å². The van der Waals surface area contributed by atoms with Crippen LogP contribution in [-0.2, 0) is 4.74 Å². The van der Waals surface area contributed by atoms with Crippen LogP contribution in [-0.4, -0.2) is 45.9 Å².